The number of carbonyl (C=O) groups excluding carboxylic acids is 1. The number of nitrogens with zero attached hydrogens (tertiary/aromatic N) is 1. The van der Waals surface area contributed by atoms with Crippen molar-refractivity contribution in [2.75, 3.05) is 7.11 Å². The third-order valence-corrected chi connectivity index (χ3v) is 4.68. The normalized spacial score (nSPS) is 19.8. The molecule has 1 N–H and O–H groups in total. The van der Waals surface area contributed by atoms with Gasteiger partial charge >= 0.3 is 0 Å². The Morgan fingerprint density at radius 3 is 2.39 bits per heavy atom. The number of aliphatic imine (C=N–C) groups is 1. The minimum atomic E-state index is -0.199. The second kappa shape index (κ2) is 8.26. The number of ether oxygens (including phenoxy) is 1. The molecule has 144 valence electrons. The highest BCUT2D eigenvalue weighted by molar-refractivity contribution is 6.25. The molecule has 0 aliphatic heterocycles. The number of rotatable bonds is 4. The molecule has 2 aromatic carbocycles. The molecule has 0 aromatic heterocycles. The number of aliphatic hydroxyl groups excluding tert-OH is 1. The van der Waals surface area contributed by atoms with Crippen LogP contribution in [-0.2, 0) is 4.79 Å². The van der Waals surface area contributed by atoms with Crippen molar-refractivity contribution in [1.82, 2.24) is 0 Å². The highest BCUT2D eigenvalue weighted by Gasteiger charge is 2.36. The van der Waals surface area contributed by atoms with Gasteiger partial charge in [-0.05, 0) is 47.7 Å². The lowest BCUT2D eigenvalue weighted by atomic mass is 9.73. The van der Waals surface area contributed by atoms with Crippen molar-refractivity contribution in [3.05, 3.63) is 77.6 Å². The third kappa shape index (κ3) is 4.77. The number of hydrogen-bond acceptors (Lipinski definition) is 4. The summed E-state index contributed by atoms with van der Waals surface area (Å²) in [6.45, 7) is 4.09. The lowest BCUT2D eigenvalue weighted by Crippen LogP contribution is -2.32. The van der Waals surface area contributed by atoms with Crippen molar-refractivity contribution < 1.29 is 14.6 Å². The number of allylic oxidation sites excluding steroid dienone is 2. The van der Waals surface area contributed by atoms with Gasteiger partial charge in [-0.1, -0.05) is 50.3 Å². The summed E-state index contributed by atoms with van der Waals surface area (Å²) < 4.78 is 5.18. The SMILES string of the molecule is COc1ccc(N=C2CC(C)(C)CC(=O)C2=C(O)C=Cc2ccccc2)cc1. The summed E-state index contributed by atoms with van der Waals surface area (Å²) in [5, 5.41) is 10.7. The molecule has 0 bridgehead atoms. The van der Waals surface area contributed by atoms with Crippen LogP contribution in [0.4, 0.5) is 5.69 Å². The Morgan fingerprint density at radius 1 is 1.07 bits per heavy atom. The average molecular weight is 375 g/mol. The van der Waals surface area contributed by atoms with Crippen LogP contribution >= 0.6 is 0 Å². The van der Waals surface area contributed by atoms with E-state index in [1.54, 1.807) is 19.3 Å². The number of carbonyl (C=O) groups is 1. The standard InChI is InChI=1S/C24H25NO3/c1-24(2)15-20(25-18-10-12-19(28-3)13-11-18)23(22(27)16-24)21(26)14-9-17-7-5-4-6-8-17/h4-14,26H,15-16H2,1-3H3. The van der Waals surface area contributed by atoms with Crippen LogP contribution in [0.1, 0.15) is 32.3 Å². The zero-order chi connectivity index (χ0) is 20.1. The number of hydrogen-bond donors (Lipinski definition) is 1. The largest absolute Gasteiger partial charge is 0.507 e. The average Bonchev–Trinajstić information content (AvgIpc) is 2.66. The molecule has 0 saturated heterocycles. The van der Waals surface area contributed by atoms with Gasteiger partial charge in [0.05, 0.1) is 24.1 Å². The van der Waals surface area contributed by atoms with E-state index in [4.69, 9.17) is 4.74 Å². The van der Waals surface area contributed by atoms with Gasteiger partial charge in [-0.25, -0.2) is 0 Å². The third-order valence-electron chi connectivity index (χ3n) is 4.68. The second-order valence-electron chi connectivity index (χ2n) is 7.70. The minimum Gasteiger partial charge on any atom is -0.507 e. The number of Topliss-reactive ketones (excluding diaryl/α,β-unsaturated/α-hetero) is 1. The zero-order valence-corrected chi connectivity index (χ0v) is 16.5. The van der Waals surface area contributed by atoms with Crippen LogP contribution in [0.5, 0.6) is 5.75 Å². The Labute approximate surface area is 165 Å². The summed E-state index contributed by atoms with van der Waals surface area (Å²) >= 11 is 0. The fraction of sp³-hybridized carbons (Fsp3) is 0.250. The molecule has 0 atom stereocenters. The van der Waals surface area contributed by atoms with E-state index in [9.17, 15) is 9.90 Å². The molecule has 1 fully saturated rings. The van der Waals surface area contributed by atoms with Gasteiger partial charge in [0.1, 0.15) is 11.5 Å². The van der Waals surface area contributed by atoms with E-state index < -0.39 is 0 Å². The molecule has 1 saturated carbocycles. The fourth-order valence-electron chi connectivity index (χ4n) is 3.31. The van der Waals surface area contributed by atoms with Crippen molar-refractivity contribution in [3.8, 4) is 5.75 Å². The quantitative estimate of drug-likeness (QED) is 0.552. The molecule has 0 unspecified atom stereocenters. The Morgan fingerprint density at radius 2 is 1.75 bits per heavy atom. The van der Waals surface area contributed by atoms with Gasteiger partial charge in [0.2, 0.25) is 0 Å². The van der Waals surface area contributed by atoms with E-state index in [1.807, 2.05) is 68.4 Å². The second-order valence-corrected chi connectivity index (χ2v) is 7.70. The maximum absolute atomic E-state index is 12.8. The predicted octanol–water partition coefficient (Wildman–Crippen LogP) is 5.68. The van der Waals surface area contributed by atoms with Crippen LogP contribution < -0.4 is 4.74 Å². The van der Waals surface area contributed by atoms with Gasteiger partial charge in [-0.15, -0.1) is 0 Å². The van der Waals surface area contributed by atoms with Crippen LogP contribution in [0.2, 0.25) is 0 Å². The highest BCUT2D eigenvalue weighted by atomic mass is 16.5. The van der Waals surface area contributed by atoms with Crippen LogP contribution in [-0.4, -0.2) is 23.7 Å². The molecular weight excluding hydrogens is 350 g/mol. The first-order valence-electron chi connectivity index (χ1n) is 9.29. The Kier molecular flexibility index (Phi) is 5.78. The molecule has 3 rings (SSSR count). The molecule has 1 aliphatic rings. The summed E-state index contributed by atoms with van der Waals surface area (Å²) in [5.41, 5.74) is 2.39. The molecule has 0 radical (unpaired) electrons. The zero-order valence-electron chi connectivity index (χ0n) is 16.5. The first-order chi connectivity index (χ1) is 13.4. The van der Waals surface area contributed by atoms with E-state index in [2.05, 4.69) is 4.99 Å². The van der Waals surface area contributed by atoms with Gasteiger partial charge < -0.3 is 9.84 Å². The summed E-state index contributed by atoms with van der Waals surface area (Å²) in [6.07, 6.45) is 4.36. The van der Waals surface area contributed by atoms with Gasteiger partial charge in [0.15, 0.2) is 5.78 Å². The van der Waals surface area contributed by atoms with Crippen molar-refractivity contribution in [2.45, 2.75) is 26.7 Å². The maximum atomic E-state index is 12.8. The van der Waals surface area contributed by atoms with Gasteiger partial charge in [0.25, 0.3) is 0 Å². The number of aliphatic hydroxyl groups is 1. The Bertz CT molecular complexity index is 936. The number of benzene rings is 2. The summed E-state index contributed by atoms with van der Waals surface area (Å²) in [7, 11) is 1.61. The molecule has 28 heavy (non-hydrogen) atoms. The van der Waals surface area contributed by atoms with E-state index in [1.165, 1.54) is 0 Å². The van der Waals surface area contributed by atoms with Crippen molar-refractivity contribution >= 4 is 23.3 Å². The van der Waals surface area contributed by atoms with Crippen molar-refractivity contribution in [2.24, 2.45) is 10.4 Å². The van der Waals surface area contributed by atoms with E-state index in [-0.39, 0.29) is 17.0 Å². The molecule has 0 amide bonds. The Hall–Kier alpha value is -3.14. The monoisotopic (exact) mass is 375 g/mol. The molecule has 4 heteroatoms. The maximum Gasteiger partial charge on any atom is 0.168 e. The molecule has 0 spiro atoms. The van der Waals surface area contributed by atoms with Crippen molar-refractivity contribution in [3.63, 3.8) is 0 Å². The summed E-state index contributed by atoms with van der Waals surface area (Å²) in [6, 6.07) is 17.0. The topological polar surface area (TPSA) is 58.9 Å². The predicted molar refractivity (Wildman–Crippen MR) is 113 cm³/mol. The lowest BCUT2D eigenvalue weighted by Gasteiger charge is -2.31. The summed E-state index contributed by atoms with van der Waals surface area (Å²) in [4.78, 5) is 17.5. The van der Waals surface area contributed by atoms with Crippen LogP contribution in [0, 0.1) is 5.41 Å². The van der Waals surface area contributed by atoms with E-state index in [0.29, 0.717) is 24.1 Å². The first-order valence-corrected chi connectivity index (χ1v) is 9.29. The summed E-state index contributed by atoms with van der Waals surface area (Å²) in [5.74, 6) is 0.615. The smallest absolute Gasteiger partial charge is 0.168 e. The Balaban J connectivity index is 2.00. The molecule has 2 aromatic rings. The van der Waals surface area contributed by atoms with E-state index >= 15 is 0 Å². The van der Waals surface area contributed by atoms with Crippen LogP contribution in [0.15, 0.2) is 77.0 Å². The van der Waals surface area contributed by atoms with Gasteiger partial charge in [-0.3, -0.25) is 9.79 Å². The van der Waals surface area contributed by atoms with Gasteiger partial charge in [-0.2, -0.15) is 0 Å². The van der Waals surface area contributed by atoms with E-state index in [0.717, 1.165) is 17.0 Å². The number of methoxy groups -OCH3 is 1. The molecule has 1 aliphatic carbocycles. The van der Waals surface area contributed by atoms with Crippen LogP contribution in [0.25, 0.3) is 6.08 Å². The molecule has 4 nitrogen and oxygen atoms in total. The van der Waals surface area contributed by atoms with Gasteiger partial charge in [0, 0.05) is 6.42 Å². The fourth-order valence-corrected chi connectivity index (χ4v) is 3.31. The highest BCUT2D eigenvalue weighted by Crippen LogP contribution is 2.36. The van der Waals surface area contributed by atoms with Crippen LogP contribution in [0.3, 0.4) is 0 Å². The number of ketones is 1. The molecule has 0 heterocycles. The molecular formula is C24H25NO3. The lowest BCUT2D eigenvalue weighted by molar-refractivity contribution is -0.117. The van der Waals surface area contributed by atoms with Crippen molar-refractivity contribution in [1.29, 1.82) is 0 Å². The first kappa shape index (κ1) is 19.6. The minimum absolute atomic E-state index is 0.0448.